The highest BCUT2D eigenvalue weighted by Gasteiger charge is 2.14. The average Bonchev–Trinajstić information content (AvgIpc) is 2.98. The number of nitrogens with zero attached hydrogens (tertiary/aromatic N) is 1. The van der Waals surface area contributed by atoms with Crippen molar-refractivity contribution in [2.45, 2.75) is 25.7 Å². The molecule has 0 bridgehead atoms. The van der Waals surface area contributed by atoms with Crippen LogP contribution in [0, 0.1) is 0 Å². The highest BCUT2D eigenvalue weighted by Crippen LogP contribution is 2.31. The topological polar surface area (TPSA) is 42.0 Å². The van der Waals surface area contributed by atoms with E-state index in [2.05, 4.69) is 32.3 Å². The molecule has 0 radical (unpaired) electrons. The molecule has 0 aliphatic heterocycles. The van der Waals surface area contributed by atoms with Crippen molar-refractivity contribution in [2.24, 2.45) is 0 Å². The predicted octanol–water partition coefficient (Wildman–Crippen LogP) is 5.19. The number of halogens is 1. The lowest BCUT2D eigenvalue weighted by atomic mass is 9.90. The van der Waals surface area contributed by atoms with Gasteiger partial charge in [-0.05, 0) is 77.0 Å². The second kappa shape index (κ2) is 6.06. The molecule has 23 heavy (non-hydrogen) atoms. The van der Waals surface area contributed by atoms with Crippen molar-refractivity contribution in [2.75, 3.05) is 5.32 Å². The molecule has 1 aliphatic carbocycles. The lowest BCUT2D eigenvalue weighted by molar-refractivity contribution is 0.102. The van der Waals surface area contributed by atoms with Gasteiger partial charge < -0.3 is 0 Å². The molecule has 2 aromatic carbocycles. The number of carbonyl (C=O) groups excluding carboxylic acids is 1. The lowest BCUT2D eigenvalue weighted by Crippen LogP contribution is -2.13. The SMILES string of the molecule is O=C(Nc1nc2c(Br)cccc2s1)c1ccc2c(c1)CCCC2. The first-order valence-corrected chi connectivity index (χ1v) is 9.30. The summed E-state index contributed by atoms with van der Waals surface area (Å²) in [6.07, 6.45) is 4.66. The largest absolute Gasteiger partial charge is 0.298 e. The fourth-order valence-electron chi connectivity index (χ4n) is 3.01. The zero-order valence-electron chi connectivity index (χ0n) is 12.4. The maximum Gasteiger partial charge on any atom is 0.257 e. The molecular weight excluding hydrogens is 372 g/mol. The van der Waals surface area contributed by atoms with E-state index in [0.717, 1.165) is 27.5 Å². The summed E-state index contributed by atoms with van der Waals surface area (Å²) in [7, 11) is 0. The molecule has 0 spiro atoms. The number of benzene rings is 2. The van der Waals surface area contributed by atoms with Gasteiger partial charge in [0, 0.05) is 10.0 Å². The summed E-state index contributed by atoms with van der Waals surface area (Å²) in [5.74, 6) is -0.0893. The number of thiazole rings is 1. The van der Waals surface area contributed by atoms with Crippen LogP contribution in [0.5, 0.6) is 0 Å². The normalized spacial score (nSPS) is 13.8. The van der Waals surface area contributed by atoms with Gasteiger partial charge in [0.15, 0.2) is 5.13 Å². The van der Waals surface area contributed by atoms with E-state index in [-0.39, 0.29) is 5.91 Å². The zero-order valence-corrected chi connectivity index (χ0v) is 14.8. The molecule has 0 unspecified atom stereocenters. The minimum Gasteiger partial charge on any atom is -0.298 e. The van der Waals surface area contributed by atoms with Crippen LogP contribution < -0.4 is 5.32 Å². The van der Waals surface area contributed by atoms with Crippen molar-refractivity contribution in [3.8, 4) is 0 Å². The third-order valence-corrected chi connectivity index (χ3v) is 5.78. The van der Waals surface area contributed by atoms with Crippen LogP contribution in [-0.2, 0) is 12.8 Å². The third-order valence-electron chi connectivity index (χ3n) is 4.20. The number of nitrogens with one attached hydrogen (secondary N) is 1. The molecule has 0 fully saturated rings. The van der Waals surface area contributed by atoms with Crippen molar-refractivity contribution < 1.29 is 4.79 Å². The van der Waals surface area contributed by atoms with Crippen molar-refractivity contribution in [1.29, 1.82) is 0 Å². The van der Waals surface area contributed by atoms with Crippen LogP contribution in [-0.4, -0.2) is 10.9 Å². The zero-order chi connectivity index (χ0) is 15.8. The maximum absolute atomic E-state index is 12.5. The number of fused-ring (bicyclic) bond motifs is 2. The summed E-state index contributed by atoms with van der Waals surface area (Å²) in [5.41, 5.74) is 4.30. The van der Waals surface area contributed by atoms with Crippen LogP contribution >= 0.6 is 27.3 Å². The van der Waals surface area contributed by atoms with E-state index in [0.29, 0.717) is 10.7 Å². The number of aryl methyl sites for hydroxylation is 2. The van der Waals surface area contributed by atoms with E-state index in [1.807, 2.05) is 30.3 Å². The van der Waals surface area contributed by atoms with Gasteiger partial charge in [0.1, 0.15) is 0 Å². The average molecular weight is 387 g/mol. The van der Waals surface area contributed by atoms with Crippen LogP contribution in [0.1, 0.15) is 34.3 Å². The van der Waals surface area contributed by atoms with Crippen LogP contribution in [0.15, 0.2) is 40.9 Å². The molecule has 116 valence electrons. The summed E-state index contributed by atoms with van der Waals surface area (Å²) >= 11 is 4.98. The predicted molar refractivity (Wildman–Crippen MR) is 98.4 cm³/mol. The first-order chi connectivity index (χ1) is 11.2. The molecule has 3 nitrogen and oxygen atoms in total. The quantitative estimate of drug-likeness (QED) is 0.658. The van der Waals surface area contributed by atoms with Gasteiger partial charge in [-0.3, -0.25) is 10.1 Å². The van der Waals surface area contributed by atoms with E-state index >= 15 is 0 Å². The highest BCUT2D eigenvalue weighted by molar-refractivity contribution is 9.10. The number of hydrogen-bond donors (Lipinski definition) is 1. The molecule has 1 aromatic heterocycles. The standard InChI is InChI=1S/C18H15BrN2OS/c19-14-6-3-7-15-16(14)20-18(23-15)21-17(22)13-9-8-11-4-1-2-5-12(11)10-13/h3,6-10H,1-2,4-5H2,(H,20,21,22). The number of para-hydroxylation sites is 1. The number of aromatic nitrogens is 1. The first kappa shape index (κ1) is 14.8. The molecule has 0 saturated heterocycles. The number of carbonyl (C=O) groups is 1. The van der Waals surface area contributed by atoms with Crippen LogP contribution in [0.3, 0.4) is 0 Å². The Balaban J connectivity index is 1.60. The molecule has 0 atom stereocenters. The molecule has 4 rings (SSSR count). The van der Waals surface area contributed by atoms with Gasteiger partial charge in [0.05, 0.1) is 10.2 Å². The molecule has 0 saturated carbocycles. The summed E-state index contributed by atoms with van der Waals surface area (Å²) in [6, 6.07) is 12.0. The van der Waals surface area contributed by atoms with Crippen molar-refractivity contribution in [1.82, 2.24) is 4.98 Å². The Kier molecular flexibility index (Phi) is 3.91. The summed E-state index contributed by atoms with van der Waals surface area (Å²) in [4.78, 5) is 17.0. The van der Waals surface area contributed by atoms with Gasteiger partial charge >= 0.3 is 0 Å². The van der Waals surface area contributed by atoms with E-state index in [9.17, 15) is 4.79 Å². The Hall–Kier alpha value is -1.72. The van der Waals surface area contributed by atoms with Gasteiger partial charge in [0.25, 0.3) is 5.91 Å². The molecule has 5 heteroatoms. The van der Waals surface area contributed by atoms with E-state index in [1.165, 1.54) is 35.3 Å². The smallest absolute Gasteiger partial charge is 0.257 e. The summed E-state index contributed by atoms with van der Waals surface area (Å²) < 4.78 is 2.00. The Morgan fingerprint density at radius 3 is 2.78 bits per heavy atom. The Labute approximate surface area is 146 Å². The second-order valence-electron chi connectivity index (χ2n) is 5.75. The fraction of sp³-hybridized carbons (Fsp3) is 0.222. The van der Waals surface area contributed by atoms with Crippen LogP contribution in [0.4, 0.5) is 5.13 Å². The van der Waals surface area contributed by atoms with Gasteiger partial charge in [-0.2, -0.15) is 0 Å². The Morgan fingerprint density at radius 1 is 1.13 bits per heavy atom. The lowest BCUT2D eigenvalue weighted by Gasteiger charge is -2.16. The molecule has 1 amide bonds. The van der Waals surface area contributed by atoms with Gasteiger partial charge in [-0.1, -0.05) is 23.5 Å². The third kappa shape index (κ3) is 2.91. The van der Waals surface area contributed by atoms with Crippen LogP contribution in [0.2, 0.25) is 0 Å². The van der Waals surface area contributed by atoms with E-state index < -0.39 is 0 Å². The number of hydrogen-bond acceptors (Lipinski definition) is 3. The van der Waals surface area contributed by atoms with Crippen molar-refractivity contribution >= 4 is 48.5 Å². The van der Waals surface area contributed by atoms with Crippen LogP contribution in [0.25, 0.3) is 10.2 Å². The van der Waals surface area contributed by atoms with E-state index in [1.54, 1.807) is 0 Å². The molecule has 1 heterocycles. The molecule has 1 aliphatic rings. The Bertz CT molecular complexity index is 903. The van der Waals surface area contributed by atoms with Gasteiger partial charge in [-0.25, -0.2) is 4.98 Å². The highest BCUT2D eigenvalue weighted by atomic mass is 79.9. The monoisotopic (exact) mass is 386 g/mol. The van der Waals surface area contributed by atoms with Crippen molar-refractivity contribution in [3.05, 3.63) is 57.6 Å². The first-order valence-electron chi connectivity index (χ1n) is 7.69. The minimum absolute atomic E-state index is 0.0893. The number of rotatable bonds is 2. The Morgan fingerprint density at radius 2 is 1.96 bits per heavy atom. The number of anilines is 1. The van der Waals surface area contributed by atoms with Crippen molar-refractivity contribution in [3.63, 3.8) is 0 Å². The second-order valence-corrected chi connectivity index (χ2v) is 7.64. The minimum atomic E-state index is -0.0893. The molecule has 1 N–H and O–H groups in total. The summed E-state index contributed by atoms with van der Waals surface area (Å²) in [6.45, 7) is 0. The van der Waals surface area contributed by atoms with Gasteiger partial charge in [0.2, 0.25) is 0 Å². The molecular formula is C18H15BrN2OS. The summed E-state index contributed by atoms with van der Waals surface area (Å²) in [5, 5.41) is 3.56. The van der Waals surface area contributed by atoms with E-state index in [4.69, 9.17) is 0 Å². The number of amides is 1. The fourth-order valence-corrected chi connectivity index (χ4v) is 4.49. The van der Waals surface area contributed by atoms with Gasteiger partial charge in [-0.15, -0.1) is 0 Å². The molecule has 3 aromatic rings. The maximum atomic E-state index is 12.5.